The molecule has 0 unspecified atom stereocenters. The molecule has 0 heterocycles. The summed E-state index contributed by atoms with van der Waals surface area (Å²) in [6, 6.07) is 11.8. The molecule has 4 amide bonds. The Labute approximate surface area is 221 Å². The van der Waals surface area contributed by atoms with Crippen LogP contribution in [0.2, 0.25) is 0 Å². The molecule has 0 aliphatic rings. The Hall–Kier alpha value is -5.46. The lowest BCUT2D eigenvalue weighted by Crippen LogP contribution is -2.35. The number of amides is 4. The summed E-state index contributed by atoms with van der Waals surface area (Å²) < 4.78 is 0. The first-order chi connectivity index (χ1) is 18.6. The summed E-state index contributed by atoms with van der Waals surface area (Å²) in [7, 11) is 0. The summed E-state index contributed by atoms with van der Waals surface area (Å²) in [6.07, 6.45) is 0. The molecule has 0 aliphatic heterocycles. The number of hydrogen-bond acceptors (Lipinski definition) is 9. The van der Waals surface area contributed by atoms with Gasteiger partial charge in [0.25, 0.3) is 23.6 Å². The number of benzene rings is 3. The fourth-order valence-corrected chi connectivity index (χ4v) is 3.42. The predicted molar refractivity (Wildman–Crippen MR) is 137 cm³/mol. The van der Waals surface area contributed by atoms with Crippen molar-refractivity contribution < 1.29 is 44.7 Å². The van der Waals surface area contributed by atoms with E-state index in [1.165, 1.54) is 54.6 Å². The average Bonchev–Trinajstić information content (AvgIpc) is 2.91. The van der Waals surface area contributed by atoms with E-state index in [4.69, 9.17) is 0 Å². The van der Waals surface area contributed by atoms with E-state index in [2.05, 4.69) is 21.3 Å². The number of carbonyl (C=O) groups excluding carboxylic acids is 4. The lowest BCUT2D eigenvalue weighted by Gasteiger charge is -2.12. The minimum absolute atomic E-state index is 0.0350. The van der Waals surface area contributed by atoms with Gasteiger partial charge in [-0.15, -0.1) is 0 Å². The van der Waals surface area contributed by atoms with Crippen LogP contribution in [0, 0.1) is 0 Å². The van der Waals surface area contributed by atoms with E-state index >= 15 is 0 Å². The summed E-state index contributed by atoms with van der Waals surface area (Å²) in [5.74, 6) is -5.39. The van der Waals surface area contributed by atoms with Crippen molar-refractivity contribution in [2.24, 2.45) is 0 Å². The number of hydrogen-bond donors (Lipinski definition) is 9. The molecule has 39 heavy (non-hydrogen) atoms. The van der Waals surface area contributed by atoms with Gasteiger partial charge in [0.2, 0.25) is 0 Å². The van der Waals surface area contributed by atoms with E-state index in [0.717, 1.165) is 0 Å². The molecule has 13 nitrogen and oxygen atoms in total. The van der Waals surface area contributed by atoms with Gasteiger partial charge in [0.1, 0.15) is 5.75 Å². The van der Waals surface area contributed by atoms with Gasteiger partial charge < -0.3 is 46.8 Å². The van der Waals surface area contributed by atoms with Crippen LogP contribution in [-0.2, 0) is 0 Å². The zero-order valence-electron chi connectivity index (χ0n) is 20.4. The Morgan fingerprint density at radius 1 is 0.436 bits per heavy atom. The smallest absolute Gasteiger partial charge is 0.255 e. The molecular formula is C26H26N4O9. The van der Waals surface area contributed by atoms with Crippen LogP contribution in [0.5, 0.6) is 28.7 Å². The van der Waals surface area contributed by atoms with Crippen molar-refractivity contribution in [3.05, 3.63) is 76.9 Å². The molecular weight excluding hydrogens is 512 g/mol. The van der Waals surface area contributed by atoms with Gasteiger partial charge in [0.15, 0.2) is 23.0 Å². The maximum absolute atomic E-state index is 12.5. The number of nitrogens with one attached hydrogen (secondary N) is 4. The second kappa shape index (κ2) is 12.7. The molecule has 9 N–H and O–H groups in total. The zero-order valence-corrected chi connectivity index (χ0v) is 20.4. The van der Waals surface area contributed by atoms with Crippen molar-refractivity contribution >= 4 is 23.6 Å². The maximum Gasteiger partial charge on any atom is 0.255 e. The third-order valence-corrected chi connectivity index (χ3v) is 5.44. The van der Waals surface area contributed by atoms with Gasteiger partial charge in [0.05, 0.1) is 22.3 Å². The van der Waals surface area contributed by atoms with Crippen LogP contribution in [-0.4, -0.2) is 75.3 Å². The van der Waals surface area contributed by atoms with Crippen LogP contribution in [0.3, 0.4) is 0 Å². The van der Waals surface area contributed by atoms with Crippen LogP contribution in [0.15, 0.2) is 54.6 Å². The van der Waals surface area contributed by atoms with Gasteiger partial charge in [-0.3, -0.25) is 19.2 Å². The van der Waals surface area contributed by atoms with Crippen molar-refractivity contribution in [1.82, 2.24) is 21.3 Å². The van der Waals surface area contributed by atoms with Crippen LogP contribution in [0.25, 0.3) is 0 Å². The van der Waals surface area contributed by atoms with Gasteiger partial charge in [-0.25, -0.2) is 0 Å². The van der Waals surface area contributed by atoms with Gasteiger partial charge in [-0.05, 0) is 36.4 Å². The molecule has 3 rings (SSSR count). The summed E-state index contributed by atoms with van der Waals surface area (Å²) in [6.45, 7) is -0.164. The fraction of sp³-hybridized carbons (Fsp3) is 0.154. The first kappa shape index (κ1) is 28.1. The first-order valence-electron chi connectivity index (χ1n) is 11.6. The first-order valence-corrected chi connectivity index (χ1v) is 11.6. The Bertz CT molecular complexity index is 1310. The Morgan fingerprint density at radius 2 is 0.692 bits per heavy atom. The summed E-state index contributed by atoms with van der Waals surface area (Å²) >= 11 is 0. The molecule has 0 saturated carbocycles. The van der Waals surface area contributed by atoms with Gasteiger partial charge in [0, 0.05) is 26.2 Å². The molecule has 0 atom stereocenters. The lowest BCUT2D eigenvalue weighted by molar-refractivity contribution is 0.0918. The monoisotopic (exact) mass is 538 g/mol. The van der Waals surface area contributed by atoms with Crippen molar-refractivity contribution in [3.63, 3.8) is 0 Å². The average molecular weight is 539 g/mol. The van der Waals surface area contributed by atoms with Crippen LogP contribution in [0.4, 0.5) is 0 Å². The number of rotatable bonds is 10. The van der Waals surface area contributed by atoms with Crippen molar-refractivity contribution in [3.8, 4) is 28.7 Å². The van der Waals surface area contributed by atoms with Crippen molar-refractivity contribution in [2.75, 3.05) is 26.2 Å². The van der Waals surface area contributed by atoms with E-state index < -0.39 is 52.4 Å². The highest BCUT2D eigenvalue weighted by Crippen LogP contribution is 2.28. The number of aromatic hydroxyl groups is 5. The van der Waals surface area contributed by atoms with E-state index in [-0.39, 0.29) is 48.4 Å². The Morgan fingerprint density at radius 3 is 1.00 bits per heavy atom. The highest BCUT2D eigenvalue weighted by molar-refractivity contribution is 6.04. The second-order valence-corrected chi connectivity index (χ2v) is 8.07. The molecule has 13 heteroatoms. The summed E-state index contributed by atoms with van der Waals surface area (Å²) in [5.41, 5.74) is -0.663. The number of carbonyl (C=O) groups is 4. The molecule has 3 aromatic rings. The minimum atomic E-state index is -0.713. The lowest BCUT2D eigenvalue weighted by atomic mass is 10.1. The molecule has 0 aromatic heterocycles. The summed E-state index contributed by atoms with van der Waals surface area (Å²) in [5, 5.41) is 58.8. The van der Waals surface area contributed by atoms with E-state index in [1.54, 1.807) is 0 Å². The quantitative estimate of drug-likeness (QED) is 0.130. The third kappa shape index (κ3) is 6.85. The standard InChI is InChI=1S/C26H26N4O9/c31-18-8-2-6-16(21(18)34)25(38)29-12-10-27-23(36)14-4-1-5-15(20(14)33)24(37)28-11-13-30-26(39)17-7-3-9-19(32)22(17)35/h1-9,31-35H,10-13H2,(H,27,36)(H,28,37)(H,29,38)(H,30,39). The maximum atomic E-state index is 12.5. The topological polar surface area (TPSA) is 218 Å². The van der Waals surface area contributed by atoms with Gasteiger partial charge >= 0.3 is 0 Å². The highest BCUT2D eigenvalue weighted by atomic mass is 16.3. The van der Waals surface area contributed by atoms with E-state index in [9.17, 15) is 44.7 Å². The number of para-hydroxylation sites is 3. The fourth-order valence-electron chi connectivity index (χ4n) is 3.42. The molecule has 0 saturated heterocycles. The molecule has 3 aromatic carbocycles. The third-order valence-electron chi connectivity index (χ3n) is 5.44. The van der Waals surface area contributed by atoms with Crippen molar-refractivity contribution in [1.29, 1.82) is 0 Å². The summed E-state index contributed by atoms with van der Waals surface area (Å²) in [4.78, 5) is 49.3. The number of phenols is 5. The largest absolute Gasteiger partial charge is 0.506 e. The van der Waals surface area contributed by atoms with E-state index in [1.807, 2.05) is 0 Å². The van der Waals surface area contributed by atoms with Crippen LogP contribution < -0.4 is 21.3 Å². The molecule has 0 bridgehead atoms. The minimum Gasteiger partial charge on any atom is -0.506 e. The molecule has 204 valence electrons. The van der Waals surface area contributed by atoms with Gasteiger partial charge in [-0.2, -0.15) is 0 Å². The Kier molecular flexibility index (Phi) is 9.14. The predicted octanol–water partition coefficient (Wildman–Crippen LogP) is 0.534. The van der Waals surface area contributed by atoms with Crippen LogP contribution >= 0.6 is 0 Å². The van der Waals surface area contributed by atoms with Crippen LogP contribution in [0.1, 0.15) is 41.4 Å². The SMILES string of the molecule is O=C(NCCNC(=O)c1cccc(C(=O)NCCNC(=O)c2cccc(O)c2O)c1O)c1cccc(O)c1O. The molecule has 0 radical (unpaired) electrons. The molecule has 0 spiro atoms. The molecule has 0 fully saturated rings. The zero-order chi connectivity index (χ0) is 28.5. The van der Waals surface area contributed by atoms with Crippen molar-refractivity contribution in [2.45, 2.75) is 0 Å². The van der Waals surface area contributed by atoms with Gasteiger partial charge in [-0.1, -0.05) is 18.2 Å². The Balaban J connectivity index is 1.48. The highest BCUT2D eigenvalue weighted by Gasteiger charge is 2.19. The molecule has 0 aliphatic carbocycles. The normalized spacial score (nSPS) is 10.4. The second-order valence-electron chi connectivity index (χ2n) is 8.07. The number of phenolic OH excluding ortho intramolecular Hbond substituents is 5. The van der Waals surface area contributed by atoms with E-state index in [0.29, 0.717) is 0 Å².